The van der Waals surface area contributed by atoms with E-state index >= 15 is 0 Å². The van der Waals surface area contributed by atoms with E-state index in [1.165, 1.54) is 44.5 Å². The van der Waals surface area contributed by atoms with Crippen molar-refractivity contribution < 1.29 is 0 Å². The summed E-state index contributed by atoms with van der Waals surface area (Å²) in [5.74, 6) is 0.758. The maximum Gasteiger partial charge on any atom is 0.0555 e. The highest BCUT2D eigenvalue weighted by atomic mass is 15.5. The third-order valence-electron chi connectivity index (χ3n) is 5.15. The number of nitrogens with zero attached hydrogens (tertiary/aromatic N) is 2. The van der Waals surface area contributed by atoms with Crippen LogP contribution in [0.4, 0.5) is 5.69 Å². The molecule has 0 aromatic heterocycles. The van der Waals surface area contributed by atoms with Crippen LogP contribution in [0.2, 0.25) is 0 Å². The van der Waals surface area contributed by atoms with Gasteiger partial charge in [-0.3, -0.25) is 0 Å². The van der Waals surface area contributed by atoms with Gasteiger partial charge < -0.3 is 9.91 Å². The Morgan fingerprint density at radius 1 is 1.15 bits per heavy atom. The number of anilines is 1. The Kier molecular flexibility index (Phi) is 3.99. The van der Waals surface area contributed by atoms with Gasteiger partial charge in [0, 0.05) is 13.6 Å². The molecule has 1 unspecified atom stereocenters. The third kappa shape index (κ3) is 2.45. The molecule has 1 atom stereocenters. The number of likely N-dealkylation sites (tertiary alicyclic amines) is 1. The molecule has 1 saturated heterocycles. The van der Waals surface area contributed by atoms with E-state index in [4.69, 9.17) is 0 Å². The molecule has 20 heavy (non-hydrogen) atoms. The number of rotatable bonds is 2. The van der Waals surface area contributed by atoms with Crippen LogP contribution in [0.1, 0.15) is 41.9 Å². The van der Waals surface area contributed by atoms with Crippen LogP contribution >= 0.6 is 0 Å². The van der Waals surface area contributed by atoms with Gasteiger partial charge in [-0.25, -0.2) is 5.43 Å². The molecule has 1 N–H and O–H groups in total. The lowest BCUT2D eigenvalue weighted by Gasteiger charge is -2.22. The molecule has 1 aromatic carbocycles. The van der Waals surface area contributed by atoms with Crippen LogP contribution in [0.3, 0.4) is 0 Å². The second-order valence-corrected chi connectivity index (χ2v) is 6.33. The van der Waals surface area contributed by atoms with Crippen LogP contribution in [0, 0.1) is 6.92 Å². The molecule has 3 heteroatoms. The molecule has 1 fully saturated rings. The highest BCUT2D eigenvalue weighted by Gasteiger charge is 2.24. The summed E-state index contributed by atoms with van der Waals surface area (Å²) in [7, 11) is 4.27. The molecule has 0 radical (unpaired) electrons. The van der Waals surface area contributed by atoms with Crippen molar-refractivity contribution in [3.63, 3.8) is 0 Å². The first-order valence-electron chi connectivity index (χ1n) is 7.96. The fraction of sp³-hybridized carbons (Fsp3) is 0.647. The number of nitrogens with one attached hydrogen (secondary N) is 1. The zero-order valence-corrected chi connectivity index (χ0v) is 13.1. The minimum Gasteiger partial charge on any atom is -0.308 e. The van der Waals surface area contributed by atoms with Crippen LogP contribution in [0.5, 0.6) is 0 Å². The summed E-state index contributed by atoms with van der Waals surface area (Å²) < 4.78 is 0. The van der Waals surface area contributed by atoms with Crippen LogP contribution in [0.25, 0.3) is 0 Å². The van der Waals surface area contributed by atoms with Gasteiger partial charge in [0.15, 0.2) is 0 Å². The second-order valence-electron chi connectivity index (χ2n) is 6.33. The Balaban J connectivity index is 1.88. The van der Waals surface area contributed by atoms with Gasteiger partial charge in [-0.2, -0.15) is 0 Å². The molecule has 2 aliphatic rings. The SMILES string of the molecule is CNN1CCc2c1ccc(C1CCCN(C)CC1)c2C. The Morgan fingerprint density at radius 3 is 2.80 bits per heavy atom. The van der Waals surface area contributed by atoms with Crippen molar-refractivity contribution in [3.05, 3.63) is 28.8 Å². The fourth-order valence-electron chi connectivity index (χ4n) is 3.90. The Bertz CT molecular complexity index is 483. The lowest BCUT2D eigenvalue weighted by molar-refractivity contribution is 0.347. The van der Waals surface area contributed by atoms with Gasteiger partial charge in [-0.1, -0.05) is 6.07 Å². The summed E-state index contributed by atoms with van der Waals surface area (Å²) in [5.41, 5.74) is 9.40. The first-order chi connectivity index (χ1) is 9.70. The van der Waals surface area contributed by atoms with Crippen molar-refractivity contribution in [2.45, 2.75) is 38.5 Å². The molecule has 1 aromatic rings. The molecule has 2 aliphatic heterocycles. The van der Waals surface area contributed by atoms with Gasteiger partial charge >= 0.3 is 0 Å². The molecule has 0 amide bonds. The topological polar surface area (TPSA) is 18.5 Å². The van der Waals surface area contributed by atoms with Crippen molar-refractivity contribution in [3.8, 4) is 0 Å². The van der Waals surface area contributed by atoms with Crippen molar-refractivity contribution in [2.75, 3.05) is 38.7 Å². The van der Waals surface area contributed by atoms with Crippen LogP contribution in [-0.2, 0) is 6.42 Å². The Labute approximate surface area is 122 Å². The summed E-state index contributed by atoms with van der Waals surface area (Å²) in [6.07, 6.45) is 5.17. The maximum absolute atomic E-state index is 3.29. The first kappa shape index (κ1) is 13.9. The lowest BCUT2D eigenvalue weighted by atomic mass is 9.86. The smallest absolute Gasteiger partial charge is 0.0555 e. The number of hydrazine groups is 1. The molecule has 3 nitrogen and oxygen atoms in total. The monoisotopic (exact) mass is 273 g/mol. The van der Waals surface area contributed by atoms with Crippen molar-refractivity contribution in [1.82, 2.24) is 10.3 Å². The van der Waals surface area contributed by atoms with E-state index < -0.39 is 0 Å². The fourth-order valence-corrected chi connectivity index (χ4v) is 3.90. The maximum atomic E-state index is 3.29. The summed E-state index contributed by atoms with van der Waals surface area (Å²) in [5, 5.41) is 2.27. The highest BCUT2D eigenvalue weighted by Crippen LogP contribution is 2.37. The van der Waals surface area contributed by atoms with Crippen LogP contribution < -0.4 is 10.4 Å². The number of benzene rings is 1. The number of hydrogen-bond acceptors (Lipinski definition) is 3. The summed E-state index contributed by atoms with van der Waals surface area (Å²) in [6, 6.07) is 4.72. The van der Waals surface area contributed by atoms with E-state index in [0.717, 1.165) is 12.5 Å². The summed E-state index contributed by atoms with van der Waals surface area (Å²) >= 11 is 0. The summed E-state index contributed by atoms with van der Waals surface area (Å²) in [4.78, 5) is 2.48. The van der Waals surface area contributed by atoms with Crippen molar-refractivity contribution in [1.29, 1.82) is 0 Å². The molecular formula is C17H27N3. The standard InChI is InChI=1S/C17H27N3/c1-13-15(14-5-4-10-19(3)11-8-14)6-7-17-16(13)9-12-20(17)18-2/h6-7,14,18H,4-5,8-12H2,1-3H3. The van der Waals surface area contributed by atoms with E-state index in [1.54, 1.807) is 16.7 Å². The van der Waals surface area contributed by atoms with Crippen LogP contribution in [-0.4, -0.2) is 38.6 Å². The second kappa shape index (κ2) is 5.74. The van der Waals surface area contributed by atoms with E-state index in [2.05, 4.69) is 41.4 Å². The molecule has 2 heterocycles. The van der Waals surface area contributed by atoms with Gasteiger partial charge in [0.25, 0.3) is 0 Å². The lowest BCUT2D eigenvalue weighted by Crippen LogP contribution is -2.32. The first-order valence-corrected chi connectivity index (χ1v) is 7.96. The van der Waals surface area contributed by atoms with Gasteiger partial charge in [-0.15, -0.1) is 0 Å². The predicted molar refractivity (Wildman–Crippen MR) is 85.4 cm³/mol. The number of fused-ring (bicyclic) bond motifs is 1. The predicted octanol–water partition coefficient (Wildman–Crippen LogP) is 2.69. The molecule has 110 valence electrons. The Morgan fingerprint density at radius 2 is 2.00 bits per heavy atom. The van der Waals surface area contributed by atoms with Crippen LogP contribution in [0.15, 0.2) is 12.1 Å². The molecule has 0 bridgehead atoms. The molecule has 0 aliphatic carbocycles. The van der Waals surface area contributed by atoms with Crippen molar-refractivity contribution in [2.24, 2.45) is 0 Å². The van der Waals surface area contributed by atoms with Gasteiger partial charge in [0.2, 0.25) is 0 Å². The van der Waals surface area contributed by atoms with E-state index in [1.807, 2.05) is 7.05 Å². The highest BCUT2D eigenvalue weighted by molar-refractivity contribution is 5.62. The molecule has 0 spiro atoms. The molecule has 3 rings (SSSR count). The zero-order valence-electron chi connectivity index (χ0n) is 13.1. The normalized spacial score (nSPS) is 23.8. The minimum absolute atomic E-state index is 0.758. The van der Waals surface area contributed by atoms with Crippen molar-refractivity contribution >= 4 is 5.69 Å². The summed E-state index contributed by atoms with van der Waals surface area (Å²) in [6.45, 7) is 5.93. The average Bonchev–Trinajstić information content (AvgIpc) is 2.76. The third-order valence-corrected chi connectivity index (χ3v) is 5.15. The van der Waals surface area contributed by atoms with E-state index in [-0.39, 0.29) is 0 Å². The Hall–Kier alpha value is -1.06. The minimum atomic E-state index is 0.758. The molecule has 0 saturated carbocycles. The van der Waals surface area contributed by atoms with E-state index in [0.29, 0.717) is 0 Å². The molecular weight excluding hydrogens is 246 g/mol. The quantitative estimate of drug-likeness (QED) is 0.894. The zero-order chi connectivity index (χ0) is 14.1. The van der Waals surface area contributed by atoms with Gasteiger partial charge in [0.1, 0.15) is 0 Å². The number of hydrogen-bond donors (Lipinski definition) is 1. The largest absolute Gasteiger partial charge is 0.308 e. The van der Waals surface area contributed by atoms with Gasteiger partial charge in [-0.05, 0) is 81.4 Å². The average molecular weight is 273 g/mol. The van der Waals surface area contributed by atoms with E-state index in [9.17, 15) is 0 Å². The van der Waals surface area contributed by atoms with Gasteiger partial charge in [0.05, 0.1) is 5.69 Å².